The van der Waals surface area contributed by atoms with E-state index < -0.39 is 48.4 Å². The Balaban J connectivity index is 1.51. The zero-order chi connectivity index (χ0) is 46.2. The zero-order valence-corrected chi connectivity index (χ0v) is 37.9. The Morgan fingerprint density at radius 1 is 1.00 bits per heavy atom. The second kappa shape index (κ2) is 24.5. The van der Waals surface area contributed by atoms with Crippen LogP contribution in [0.15, 0.2) is 50.4 Å². The fourth-order valence-corrected chi connectivity index (χ4v) is 7.64. The molecule has 346 valence electrons. The minimum Gasteiger partial charge on any atom is -0.462 e. The van der Waals surface area contributed by atoms with Gasteiger partial charge < -0.3 is 42.2 Å². The number of methoxy groups -OCH3 is 2. The van der Waals surface area contributed by atoms with Gasteiger partial charge in [-0.25, -0.2) is 15.0 Å². The van der Waals surface area contributed by atoms with Crippen molar-refractivity contribution >= 4 is 36.0 Å². The maximum Gasteiger partial charge on any atom is 0.308 e. The normalized spacial score (nSPS) is 23.6. The summed E-state index contributed by atoms with van der Waals surface area (Å²) >= 11 is 0. The maximum atomic E-state index is 13.6. The second-order valence-corrected chi connectivity index (χ2v) is 16.7. The lowest BCUT2D eigenvalue weighted by Gasteiger charge is -2.34. The molecule has 1 aliphatic rings. The second-order valence-electron chi connectivity index (χ2n) is 16.7. The number of amides is 1. The highest BCUT2D eigenvalue weighted by Crippen LogP contribution is 2.31. The van der Waals surface area contributed by atoms with Crippen LogP contribution in [0.5, 0.6) is 0 Å². The Hall–Kier alpha value is -5.26. The molecule has 17 heteroatoms. The Labute approximate surface area is 369 Å². The number of hydrogen-bond donors (Lipinski definition) is 1. The Morgan fingerprint density at radius 3 is 2.40 bits per heavy atom. The van der Waals surface area contributed by atoms with Gasteiger partial charge in [-0.2, -0.15) is 0 Å². The number of esters is 2. The molecule has 0 saturated carbocycles. The molecule has 0 aromatic carbocycles. The molecule has 4 heterocycles. The van der Waals surface area contributed by atoms with E-state index in [0.717, 1.165) is 0 Å². The predicted octanol–water partition coefficient (Wildman–Crippen LogP) is 7.14. The van der Waals surface area contributed by atoms with Crippen LogP contribution in [0.1, 0.15) is 117 Å². The van der Waals surface area contributed by atoms with Crippen LogP contribution in [-0.2, 0) is 42.9 Å². The third kappa shape index (κ3) is 15.2. The van der Waals surface area contributed by atoms with E-state index in [0.29, 0.717) is 48.6 Å². The molecule has 1 N–H and O–H groups in total. The number of aromatic nitrogens is 3. The monoisotopic (exact) mass is 880 g/mol. The number of nitrogens with zero attached hydrogens (tertiary/aromatic N) is 4. The van der Waals surface area contributed by atoms with Gasteiger partial charge in [0.2, 0.25) is 24.1 Å². The molecule has 17 nitrogen and oxygen atoms in total. The molecule has 6 bridgehead atoms. The predicted molar refractivity (Wildman–Crippen MR) is 229 cm³/mol. The van der Waals surface area contributed by atoms with Gasteiger partial charge in [0, 0.05) is 77.8 Å². The van der Waals surface area contributed by atoms with Gasteiger partial charge in [0.1, 0.15) is 42.6 Å². The van der Waals surface area contributed by atoms with Crippen LogP contribution in [-0.4, -0.2) is 107 Å². The minimum absolute atomic E-state index is 0.0167. The molecule has 0 radical (unpaired) electrons. The Bertz CT molecular complexity index is 2000. The molecule has 0 unspecified atom stereocenters. The summed E-state index contributed by atoms with van der Waals surface area (Å²) in [6.45, 7) is 10.6. The molecule has 0 fully saturated rings. The number of carbonyl (C=O) groups excluding carboxylic acids is 5. The number of rotatable bonds is 15. The number of cyclic esters (lactones) is 1. The van der Waals surface area contributed by atoms with Crippen molar-refractivity contribution < 1.29 is 61.3 Å². The highest BCUT2D eigenvalue weighted by atomic mass is 16.6. The zero-order valence-electron chi connectivity index (χ0n) is 37.9. The summed E-state index contributed by atoms with van der Waals surface area (Å²) in [7, 11) is 4.72. The van der Waals surface area contributed by atoms with Crippen LogP contribution >= 0.6 is 0 Å². The Kier molecular flexibility index (Phi) is 19.6. The molecular weight excluding hydrogens is 817 g/mol. The number of carbonyl (C=O) groups is 5. The number of ether oxygens (including phenoxy) is 4. The number of oxazole rings is 3. The summed E-state index contributed by atoms with van der Waals surface area (Å²) < 4.78 is 40.6. The van der Waals surface area contributed by atoms with E-state index in [2.05, 4.69) is 15.0 Å². The van der Waals surface area contributed by atoms with Crippen LogP contribution in [0.2, 0.25) is 0 Å². The molecule has 4 rings (SSSR count). The lowest BCUT2D eigenvalue weighted by Crippen LogP contribution is -2.39. The van der Waals surface area contributed by atoms with Crippen molar-refractivity contribution in [2.75, 3.05) is 21.3 Å². The summed E-state index contributed by atoms with van der Waals surface area (Å²) in [5, 5.41) is 10.9. The van der Waals surface area contributed by atoms with E-state index in [1.807, 2.05) is 33.8 Å². The largest absolute Gasteiger partial charge is 0.462 e. The smallest absolute Gasteiger partial charge is 0.308 e. The lowest BCUT2D eigenvalue weighted by atomic mass is 9.84. The van der Waals surface area contributed by atoms with Crippen molar-refractivity contribution in [3.8, 4) is 23.2 Å². The van der Waals surface area contributed by atoms with E-state index in [1.165, 1.54) is 30.6 Å². The molecule has 1 amide bonds. The van der Waals surface area contributed by atoms with Gasteiger partial charge in [-0.1, -0.05) is 46.8 Å². The van der Waals surface area contributed by atoms with E-state index in [-0.39, 0.29) is 85.5 Å². The number of hydrogen-bond acceptors (Lipinski definition) is 16. The number of aliphatic hydroxyl groups excluding tert-OH is 1. The molecule has 0 aliphatic carbocycles. The van der Waals surface area contributed by atoms with Gasteiger partial charge >= 0.3 is 11.9 Å². The maximum absolute atomic E-state index is 13.6. The van der Waals surface area contributed by atoms with Crippen LogP contribution in [0.3, 0.4) is 0 Å². The fraction of sp³-hybridized carbons (Fsp3) is 0.609. The minimum atomic E-state index is -1.03. The third-order valence-corrected chi connectivity index (χ3v) is 11.7. The molecular formula is C46H64N4O13. The molecule has 63 heavy (non-hydrogen) atoms. The molecule has 1 aliphatic heterocycles. The molecule has 10 atom stereocenters. The van der Waals surface area contributed by atoms with Crippen LogP contribution in [0.25, 0.3) is 29.2 Å². The Morgan fingerprint density at radius 2 is 1.70 bits per heavy atom. The van der Waals surface area contributed by atoms with Gasteiger partial charge in [-0.3, -0.25) is 24.0 Å². The average Bonchev–Trinajstić information content (AvgIpc) is 4.05. The van der Waals surface area contributed by atoms with Gasteiger partial charge in [0.15, 0.2) is 11.4 Å². The van der Waals surface area contributed by atoms with Crippen molar-refractivity contribution in [2.45, 2.75) is 136 Å². The van der Waals surface area contributed by atoms with Gasteiger partial charge in [-0.05, 0) is 37.7 Å². The fourth-order valence-electron chi connectivity index (χ4n) is 7.64. The molecule has 0 spiro atoms. The summed E-state index contributed by atoms with van der Waals surface area (Å²) in [4.78, 5) is 77.9. The van der Waals surface area contributed by atoms with E-state index >= 15 is 0 Å². The standard InChI is InChI=1S/C46H64N4O13/c1-27(16-17-38(55)30(4)44(62-32(6)52)28(2)18-19-50(7)26-51)40(58-9)22-41-31(5)39(57-8)14-11-15-42-47-36(24-59-42)45-49-37(25-61-45)46-48-35(23-60-46)29(3)20-33(53)12-10-13-34(54)21-43(56)63-41/h11,15,18-19,23-31,34,39-41,44,54H,10,12-14,16-17,20-22H2,1-9H3/b15-11-,19-18+/t27-,28+,29-,30-,31-,34+,39+,40+,41-,44+/m0/s1. The van der Waals surface area contributed by atoms with Crippen molar-refractivity contribution in [2.24, 2.45) is 23.7 Å². The van der Waals surface area contributed by atoms with Crippen molar-refractivity contribution in [1.82, 2.24) is 19.9 Å². The topological polar surface area (TPSA) is 224 Å². The highest BCUT2D eigenvalue weighted by Gasteiger charge is 2.35. The molecule has 3 aromatic heterocycles. The van der Waals surface area contributed by atoms with Crippen molar-refractivity contribution in [3.63, 3.8) is 0 Å². The third-order valence-electron chi connectivity index (χ3n) is 11.7. The summed E-state index contributed by atoms with van der Waals surface area (Å²) in [5.41, 5.74) is 1.30. The SMILES string of the molecule is CO[C@@H]1C/C=C\c2nc(co2)-c2nc(co2)-c2nc(co2)[C@@H](C)CC(=O)CCC[C@@H](O)CC(=O)O[C@@H](C[C@@H](OC)[C@@H](C)CCC(=O)[C@H](C)[C@H](OC(C)=O)[C@H](C)/C=C/N(C)C=O)[C@H]1C. The van der Waals surface area contributed by atoms with Gasteiger partial charge in [0.05, 0.1) is 36.3 Å². The number of ketones is 2. The highest BCUT2D eigenvalue weighted by molar-refractivity contribution is 5.82. The summed E-state index contributed by atoms with van der Waals surface area (Å²) in [5.74, 6) is -2.28. The first-order valence-electron chi connectivity index (χ1n) is 21.6. The van der Waals surface area contributed by atoms with E-state index in [9.17, 15) is 29.1 Å². The summed E-state index contributed by atoms with van der Waals surface area (Å²) in [6, 6.07) is 0. The van der Waals surface area contributed by atoms with E-state index in [1.54, 1.807) is 46.5 Å². The van der Waals surface area contributed by atoms with Crippen LogP contribution < -0.4 is 0 Å². The lowest BCUT2D eigenvalue weighted by molar-refractivity contribution is -0.160. The molecule has 0 saturated heterocycles. The first-order chi connectivity index (χ1) is 30.0. The quantitative estimate of drug-likeness (QED) is 0.118. The molecule has 3 aromatic rings. The number of aliphatic hydroxyl groups is 1. The van der Waals surface area contributed by atoms with Crippen molar-refractivity contribution in [1.29, 1.82) is 0 Å². The van der Waals surface area contributed by atoms with Gasteiger partial charge in [-0.15, -0.1) is 0 Å². The van der Waals surface area contributed by atoms with Gasteiger partial charge in [0.25, 0.3) is 0 Å². The van der Waals surface area contributed by atoms with Crippen LogP contribution in [0.4, 0.5) is 0 Å². The first kappa shape index (κ1) is 50.4. The van der Waals surface area contributed by atoms with Crippen molar-refractivity contribution in [3.05, 3.63) is 48.7 Å². The average molecular weight is 881 g/mol. The number of fused-ring (bicyclic) bond motifs is 8. The van der Waals surface area contributed by atoms with E-state index in [4.69, 9.17) is 32.2 Å². The number of Topliss-reactive ketones (excluding diaryl/α,β-unsaturated/α-hetero) is 2. The first-order valence-corrected chi connectivity index (χ1v) is 21.6. The summed E-state index contributed by atoms with van der Waals surface area (Å²) in [6.07, 6.45) is 10.4. The van der Waals surface area contributed by atoms with Crippen LogP contribution in [0, 0.1) is 23.7 Å².